The van der Waals surface area contributed by atoms with Crippen LogP contribution in [0.2, 0.25) is 0 Å². The van der Waals surface area contributed by atoms with Crippen LogP contribution >= 0.6 is 23.1 Å². The molecule has 1 fully saturated rings. The number of anilines is 1. The van der Waals surface area contributed by atoms with Crippen LogP contribution in [-0.2, 0) is 38.2 Å². The molecule has 1 unspecified atom stereocenters. The lowest BCUT2D eigenvalue weighted by Gasteiger charge is -2.48. The Morgan fingerprint density at radius 2 is 1.92 bits per heavy atom. The molecule has 2 aliphatic rings. The fourth-order valence-electron chi connectivity index (χ4n) is 3.46. The standard InChI is InChI=1S/C23H31N5O8S2/c1-12(2)34-8-14(9-35-13(3)4)36-22(32)16-6-7-37-21-18(20(31)28(16)21)26-19(30)17(27-33-5)15-10-38-23(25-15)24-11-29/h6,10-14,18,21H,7-9H2,1-5H3,(H,26,30)(H,24,25,29)/t18?,21-/m0/s1. The van der Waals surface area contributed by atoms with Gasteiger partial charge in [-0.05, 0) is 33.8 Å². The van der Waals surface area contributed by atoms with Crippen molar-refractivity contribution in [3.05, 3.63) is 22.8 Å². The molecule has 0 spiro atoms. The van der Waals surface area contributed by atoms with Crippen LogP contribution < -0.4 is 10.6 Å². The lowest BCUT2D eigenvalue weighted by Crippen LogP contribution is -2.70. The number of β-lactam (4-membered cyclic amide) rings is 1. The maximum atomic E-state index is 13.0. The second-order valence-electron chi connectivity index (χ2n) is 8.69. The molecule has 208 valence electrons. The third kappa shape index (κ3) is 7.30. The summed E-state index contributed by atoms with van der Waals surface area (Å²) in [6.07, 6.45) is 1.31. The number of amides is 3. The molecule has 1 saturated heterocycles. The minimum atomic E-state index is -0.901. The Hall–Kier alpha value is -3.01. The van der Waals surface area contributed by atoms with Crippen LogP contribution in [0.1, 0.15) is 33.4 Å². The van der Waals surface area contributed by atoms with E-state index in [0.29, 0.717) is 12.2 Å². The van der Waals surface area contributed by atoms with Gasteiger partial charge in [0.05, 0.1) is 25.4 Å². The molecule has 1 aromatic rings. The number of fused-ring (bicyclic) bond motifs is 1. The Morgan fingerprint density at radius 1 is 1.24 bits per heavy atom. The van der Waals surface area contributed by atoms with Crippen LogP contribution in [0.25, 0.3) is 0 Å². The lowest BCUT2D eigenvalue weighted by atomic mass is 10.0. The summed E-state index contributed by atoms with van der Waals surface area (Å²) in [5.74, 6) is -1.39. The zero-order chi connectivity index (χ0) is 27.8. The van der Waals surface area contributed by atoms with E-state index in [1.807, 2.05) is 27.7 Å². The summed E-state index contributed by atoms with van der Waals surface area (Å²) in [5, 5.41) is 10.1. The Labute approximate surface area is 228 Å². The maximum absolute atomic E-state index is 13.0. The molecule has 0 bridgehead atoms. The molecule has 13 nitrogen and oxygen atoms in total. The van der Waals surface area contributed by atoms with Gasteiger partial charge in [0, 0.05) is 11.1 Å². The zero-order valence-corrected chi connectivity index (χ0v) is 23.3. The minimum Gasteiger partial charge on any atom is -0.453 e. The first-order valence-corrected chi connectivity index (χ1v) is 13.8. The van der Waals surface area contributed by atoms with E-state index in [2.05, 4.69) is 20.8 Å². The number of thiazole rings is 1. The Kier molecular flexibility index (Phi) is 10.6. The second kappa shape index (κ2) is 13.7. The topological polar surface area (TPSA) is 158 Å². The molecule has 0 aromatic carbocycles. The molecular formula is C23H31N5O8S2. The van der Waals surface area contributed by atoms with Crippen molar-refractivity contribution in [2.24, 2.45) is 5.16 Å². The number of ether oxygens (including phenoxy) is 3. The predicted octanol–water partition coefficient (Wildman–Crippen LogP) is 1.11. The first-order valence-electron chi connectivity index (χ1n) is 11.8. The SMILES string of the molecule is CON=C(C(=O)NC1C(=O)N2C(C(=O)OC(COC(C)C)COC(C)C)=CCS[C@@H]12)c1csc(NC=O)n1. The highest BCUT2D eigenvalue weighted by molar-refractivity contribution is 8.00. The summed E-state index contributed by atoms with van der Waals surface area (Å²) >= 11 is 2.49. The third-order valence-electron chi connectivity index (χ3n) is 5.17. The molecule has 3 heterocycles. The zero-order valence-electron chi connectivity index (χ0n) is 21.7. The van der Waals surface area contributed by atoms with E-state index in [9.17, 15) is 19.2 Å². The van der Waals surface area contributed by atoms with Crippen LogP contribution in [0.3, 0.4) is 0 Å². The number of rotatable bonds is 14. The van der Waals surface area contributed by atoms with Gasteiger partial charge in [0.1, 0.15) is 36.0 Å². The number of hydrogen-bond acceptors (Lipinski definition) is 12. The fraction of sp³-hybridized carbons (Fsp3) is 0.565. The van der Waals surface area contributed by atoms with E-state index in [1.54, 1.807) is 6.08 Å². The van der Waals surface area contributed by atoms with Crippen molar-refractivity contribution in [1.29, 1.82) is 0 Å². The van der Waals surface area contributed by atoms with Crippen molar-refractivity contribution in [1.82, 2.24) is 15.2 Å². The average Bonchev–Trinajstić information content (AvgIpc) is 3.34. The Balaban J connectivity index is 1.66. The molecule has 0 radical (unpaired) electrons. The van der Waals surface area contributed by atoms with Gasteiger partial charge < -0.3 is 29.7 Å². The fourth-order valence-corrected chi connectivity index (χ4v) is 5.31. The number of thioether (sulfide) groups is 1. The molecule has 2 atom stereocenters. The average molecular weight is 570 g/mol. The highest BCUT2D eigenvalue weighted by Gasteiger charge is 2.53. The van der Waals surface area contributed by atoms with Crippen molar-refractivity contribution in [3.8, 4) is 0 Å². The van der Waals surface area contributed by atoms with Crippen LogP contribution in [0.5, 0.6) is 0 Å². The molecule has 0 saturated carbocycles. The molecule has 3 rings (SSSR count). The van der Waals surface area contributed by atoms with Crippen molar-refractivity contribution < 1.29 is 38.2 Å². The van der Waals surface area contributed by atoms with Gasteiger partial charge in [0.2, 0.25) is 6.41 Å². The number of oxime groups is 1. The van der Waals surface area contributed by atoms with Gasteiger partial charge in [-0.25, -0.2) is 9.78 Å². The van der Waals surface area contributed by atoms with E-state index in [0.717, 1.165) is 11.3 Å². The summed E-state index contributed by atoms with van der Waals surface area (Å²) in [5.41, 5.74) is 0.113. The number of esters is 1. The number of aromatic nitrogens is 1. The van der Waals surface area contributed by atoms with Gasteiger partial charge in [-0.1, -0.05) is 5.16 Å². The monoisotopic (exact) mass is 569 g/mol. The lowest BCUT2D eigenvalue weighted by molar-refractivity contribution is -0.161. The minimum absolute atomic E-state index is 0.0602. The number of carbonyl (C=O) groups excluding carboxylic acids is 4. The van der Waals surface area contributed by atoms with Gasteiger partial charge in [0.25, 0.3) is 11.8 Å². The molecule has 15 heteroatoms. The van der Waals surface area contributed by atoms with Crippen LogP contribution in [0, 0.1) is 0 Å². The normalized spacial score (nSPS) is 19.2. The molecule has 3 amide bonds. The van der Waals surface area contributed by atoms with Crippen molar-refractivity contribution in [3.63, 3.8) is 0 Å². The summed E-state index contributed by atoms with van der Waals surface area (Å²) in [4.78, 5) is 59.9. The van der Waals surface area contributed by atoms with Crippen LogP contribution in [0.15, 0.2) is 22.3 Å². The van der Waals surface area contributed by atoms with E-state index >= 15 is 0 Å². The van der Waals surface area contributed by atoms with Crippen LogP contribution in [0.4, 0.5) is 5.13 Å². The molecule has 2 aliphatic heterocycles. The summed E-state index contributed by atoms with van der Waals surface area (Å²) in [6, 6.07) is -0.901. The quantitative estimate of drug-likeness (QED) is 0.109. The number of nitrogens with zero attached hydrogens (tertiary/aromatic N) is 3. The van der Waals surface area contributed by atoms with E-state index in [1.165, 1.54) is 29.2 Å². The van der Waals surface area contributed by atoms with Gasteiger partial charge in [-0.15, -0.1) is 23.1 Å². The van der Waals surface area contributed by atoms with E-state index < -0.39 is 35.3 Å². The Morgan fingerprint density at radius 3 is 2.53 bits per heavy atom. The smallest absolute Gasteiger partial charge is 0.355 e. The first kappa shape index (κ1) is 29.5. The molecule has 1 aromatic heterocycles. The predicted molar refractivity (Wildman–Crippen MR) is 141 cm³/mol. The van der Waals surface area contributed by atoms with Crippen LogP contribution in [-0.4, -0.2) is 95.6 Å². The van der Waals surface area contributed by atoms with E-state index in [4.69, 9.17) is 19.0 Å². The van der Waals surface area contributed by atoms with Crippen molar-refractivity contribution in [2.75, 3.05) is 31.4 Å². The number of hydrogen-bond donors (Lipinski definition) is 2. The van der Waals surface area contributed by atoms with Crippen molar-refractivity contribution in [2.45, 2.75) is 57.4 Å². The van der Waals surface area contributed by atoms with Gasteiger partial charge >= 0.3 is 5.97 Å². The van der Waals surface area contributed by atoms with E-state index in [-0.39, 0.29) is 47.7 Å². The molecular weight excluding hydrogens is 538 g/mol. The summed E-state index contributed by atoms with van der Waals surface area (Å²) < 4.78 is 16.8. The summed E-state index contributed by atoms with van der Waals surface area (Å²) in [7, 11) is 1.27. The highest BCUT2D eigenvalue weighted by Crippen LogP contribution is 2.38. The molecule has 0 aliphatic carbocycles. The number of carbonyl (C=O) groups is 4. The Bertz CT molecular complexity index is 1080. The second-order valence-corrected chi connectivity index (χ2v) is 10.7. The summed E-state index contributed by atoms with van der Waals surface area (Å²) in [6.45, 7) is 7.79. The largest absolute Gasteiger partial charge is 0.453 e. The number of nitrogens with one attached hydrogen (secondary N) is 2. The van der Waals surface area contributed by atoms with Gasteiger partial charge in [0.15, 0.2) is 10.8 Å². The first-order chi connectivity index (χ1) is 18.2. The highest BCUT2D eigenvalue weighted by atomic mass is 32.2. The molecule has 38 heavy (non-hydrogen) atoms. The maximum Gasteiger partial charge on any atom is 0.355 e. The van der Waals surface area contributed by atoms with Crippen molar-refractivity contribution >= 4 is 58.1 Å². The molecule has 2 N–H and O–H groups in total. The van der Waals surface area contributed by atoms with Gasteiger partial charge in [-0.3, -0.25) is 19.3 Å². The van der Waals surface area contributed by atoms with Gasteiger partial charge in [-0.2, -0.15) is 0 Å². The third-order valence-corrected chi connectivity index (χ3v) is 7.13.